The van der Waals surface area contributed by atoms with Crippen molar-refractivity contribution in [2.45, 2.75) is 6.92 Å². The summed E-state index contributed by atoms with van der Waals surface area (Å²) < 4.78 is 5.97. The molecule has 22 heavy (non-hydrogen) atoms. The van der Waals surface area contributed by atoms with Gasteiger partial charge in [0.05, 0.1) is 26.6 Å². The van der Waals surface area contributed by atoms with Gasteiger partial charge in [-0.25, -0.2) is 5.43 Å². The summed E-state index contributed by atoms with van der Waals surface area (Å²) >= 11 is 7.23. The van der Waals surface area contributed by atoms with Crippen LogP contribution >= 0.6 is 22.9 Å². The number of hydrogen-bond donors (Lipinski definition) is 1. The number of nitrogens with zero attached hydrogens (tertiary/aromatic N) is 2. The molecule has 7 heteroatoms. The second-order valence-electron chi connectivity index (χ2n) is 4.26. The molecule has 2 aromatic rings. The third kappa shape index (κ3) is 4.58. The molecule has 0 bridgehead atoms. The third-order valence-electron chi connectivity index (χ3n) is 2.63. The minimum Gasteiger partial charge on any atom is -0.484 e. The van der Waals surface area contributed by atoms with E-state index in [1.807, 2.05) is 12.1 Å². The highest BCUT2D eigenvalue weighted by Gasteiger charge is 2.05. The summed E-state index contributed by atoms with van der Waals surface area (Å²) in [7, 11) is 0. The van der Waals surface area contributed by atoms with Gasteiger partial charge in [0.15, 0.2) is 6.61 Å². The third-order valence-corrected chi connectivity index (χ3v) is 3.97. The van der Waals surface area contributed by atoms with Crippen molar-refractivity contribution in [2.75, 3.05) is 6.61 Å². The number of amides is 1. The van der Waals surface area contributed by atoms with Crippen molar-refractivity contribution in [3.63, 3.8) is 0 Å². The SMILES string of the molecule is C/C(=N/NC(=O)COc1ccc(C#N)cc1)c1ccc(Cl)s1. The molecule has 1 heterocycles. The molecule has 1 N–H and O–H groups in total. The van der Waals surface area contributed by atoms with E-state index < -0.39 is 0 Å². The Morgan fingerprint density at radius 1 is 1.36 bits per heavy atom. The van der Waals surface area contributed by atoms with Crippen molar-refractivity contribution in [3.05, 3.63) is 51.2 Å². The Labute approximate surface area is 136 Å². The van der Waals surface area contributed by atoms with Gasteiger partial charge >= 0.3 is 0 Å². The van der Waals surface area contributed by atoms with E-state index in [0.29, 0.717) is 21.4 Å². The monoisotopic (exact) mass is 333 g/mol. The van der Waals surface area contributed by atoms with Gasteiger partial charge in [0, 0.05) is 0 Å². The van der Waals surface area contributed by atoms with E-state index >= 15 is 0 Å². The van der Waals surface area contributed by atoms with Crippen LogP contribution in [0, 0.1) is 11.3 Å². The minimum absolute atomic E-state index is 0.159. The first-order valence-electron chi connectivity index (χ1n) is 6.30. The first-order valence-corrected chi connectivity index (χ1v) is 7.50. The molecule has 0 saturated heterocycles. The van der Waals surface area contributed by atoms with Gasteiger partial charge in [-0.3, -0.25) is 4.79 Å². The molecule has 1 amide bonds. The van der Waals surface area contributed by atoms with Crippen LogP contribution in [0.3, 0.4) is 0 Å². The normalized spacial score (nSPS) is 10.9. The van der Waals surface area contributed by atoms with Gasteiger partial charge in [0.25, 0.3) is 5.91 Å². The van der Waals surface area contributed by atoms with E-state index in [1.54, 1.807) is 37.3 Å². The first kappa shape index (κ1) is 16.0. The number of rotatable bonds is 5. The van der Waals surface area contributed by atoms with E-state index in [4.69, 9.17) is 21.6 Å². The molecular weight excluding hydrogens is 322 g/mol. The van der Waals surface area contributed by atoms with E-state index in [9.17, 15) is 4.79 Å². The number of nitriles is 1. The van der Waals surface area contributed by atoms with E-state index in [2.05, 4.69) is 10.5 Å². The van der Waals surface area contributed by atoms with Crippen LogP contribution in [0.2, 0.25) is 4.34 Å². The molecule has 1 aromatic carbocycles. The fourth-order valence-electron chi connectivity index (χ4n) is 1.52. The van der Waals surface area contributed by atoms with Crippen LogP contribution < -0.4 is 10.2 Å². The highest BCUT2D eigenvalue weighted by Crippen LogP contribution is 2.21. The Balaban J connectivity index is 1.83. The number of halogens is 1. The van der Waals surface area contributed by atoms with Crippen molar-refractivity contribution in [1.82, 2.24) is 5.43 Å². The molecule has 5 nitrogen and oxygen atoms in total. The molecule has 112 valence electrons. The molecule has 0 aliphatic heterocycles. The van der Waals surface area contributed by atoms with E-state index in [0.717, 1.165) is 4.88 Å². The summed E-state index contributed by atoms with van der Waals surface area (Å²) in [4.78, 5) is 12.5. The standard InChI is InChI=1S/C15H12ClN3O2S/c1-10(13-6-7-14(16)22-13)18-19-15(20)9-21-12-4-2-11(8-17)3-5-12/h2-7H,9H2,1H3,(H,19,20)/b18-10-. The minimum atomic E-state index is -0.369. The Hall–Kier alpha value is -2.36. The molecule has 2 rings (SSSR count). The van der Waals surface area contributed by atoms with Gasteiger partial charge < -0.3 is 4.74 Å². The molecule has 1 aromatic heterocycles. The first-order chi connectivity index (χ1) is 10.6. The Morgan fingerprint density at radius 3 is 2.68 bits per heavy atom. The number of thiophene rings is 1. The van der Waals surface area contributed by atoms with Crippen LogP contribution in [0.25, 0.3) is 0 Å². The number of nitrogens with one attached hydrogen (secondary N) is 1. The summed E-state index contributed by atoms with van der Waals surface area (Å²) in [5.74, 6) is 0.145. The Kier molecular flexibility index (Phi) is 5.53. The molecule has 0 fully saturated rings. The predicted octanol–water partition coefficient (Wildman–Crippen LogP) is 3.19. The number of carbonyl (C=O) groups is 1. The Bertz CT molecular complexity index is 732. The fraction of sp³-hybridized carbons (Fsp3) is 0.133. The molecular formula is C15H12ClN3O2S. The number of hydrazone groups is 1. The van der Waals surface area contributed by atoms with Crippen LogP contribution in [0.4, 0.5) is 0 Å². The van der Waals surface area contributed by atoms with Crippen LogP contribution in [-0.4, -0.2) is 18.2 Å². The number of carbonyl (C=O) groups excluding carboxylic acids is 1. The zero-order valence-electron chi connectivity index (χ0n) is 11.7. The summed E-state index contributed by atoms with van der Waals surface area (Å²) in [6, 6.07) is 12.1. The lowest BCUT2D eigenvalue weighted by atomic mass is 10.2. The zero-order valence-corrected chi connectivity index (χ0v) is 13.2. The van der Waals surface area contributed by atoms with Gasteiger partial charge in [-0.05, 0) is 43.3 Å². The number of ether oxygens (including phenoxy) is 1. The van der Waals surface area contributed by atoms with Gasteiger partial charge in [-0.15, -0.1) is 11.3 Å². The maximum Gasteiger partial charge on any atom is 0.277 e. The van der Waals surface area contributed by atoms with Crippen LogP contribution in [0.1, 0.15) is 17.4 Å². The maximum absolute atomic E-state index is 11.7. The Morgan fingerprint density at radius 2 is 2.09 bits per heavy atom. The quantitative estimate of drug-likeness (QED) is 0.674. The predicted molar refractivity (Wildman–Crippen MR) is 86.3 cm³/mol. The highest BCUT2D eigenvalue weighted by atomic mass is 35.5. The van der Waals surface area contributed by atoms with Crippen LogP contribution in [0.5, 0.6) is 5.75 Å². The fourth-order valence-corrected chi connectivity index (χ4v) is 2.50. The van der Waals surface area contributed by atoms with Gasteiger partial charge in [-0.2, -0.15) is 10.4 Å². The van der Waals surface area contributed by atoms with Gasteiger partial charge in [-0.1, -0.05) is 11.6 Å². The zero-order chi connectivity index (χ0) is 15.9. The largest absolute Gasteiger partial charge is 0.484 e. The lowest BCUT2D eigenvalue weighted by Crippen LogP contribution is -2.25. The number of hydrogen-bond acceptors (Lipinski definition) is 5. The van der Waals surface area contributed by atoms with Crippen molar-refractivity contribution >= 4 is 34.6 Å². The van der Waals surface area contributed by atoms with Gasteiger partial charge in [0.2, 0.25) is 0 Å². The summed E-state index contributed by atoms with van der Waals surface area (Å²) in [6.07, 6.45) is 0. The van der Waals surface area contributed by atoms with Crippen molar-refractivity contribution in [1.29, 1.82) is 5.26 Å². The van der Waals surface area contributed by atoms with Crippen molar-refractivity contribution in [3.8, 4) is 11.8 Å². The van der Waals surface area contributed by atoms with Gasteiger partial charge in [0.1, 0.15) is 5.75 Å². The van der Waals surface area contributed by atoms with E-state index in [-0.39, 0.29) is 12.5 Å². The smallest absolute Gasteiger partial charge is 0.277 e. The second kappa shape index (κ2) is 7.59. The van der Waals surface area contributed by atoms with Crippen molar-refractivity contribution < 1.29 is 9.53 Å². The molecule has 0 atom stereocenters. The molecule has 0 aliphatic carbocycles. The molecule has 0 spiro atoms. The molecule has 0 unspecified atom stereocenters. The van der Waals surface area contributed by atoms with Crippen LogP contribution in [-0.2, 0) is 4.79 Å². The van der Waals surface area contributed by atoms with Crippen LogP contribution in [0.15, 0.2) is 41.5 Å². The summed E-state index contributed by atoms with van der Waals surface area (Å²) in [6.45, 7) is 1.62. The molecule has 0 aliphatic rings. The molecule has 0 radical (unpaired) electrons. The molecule has 0 saturated carbocycles. The average Bonchev–Trinajstić information content (AvgIpc) is 2.97. The van der Waals surface area contributed by atoms with Crippen molar-refractivity contribution in [2.24, 2.45) is 5.10 Å². The topological polar surface area (TPSA) is 74.5 Å². The highest BCUT2D eigenvalue weighted by molar-refractivity contribution is 7.18. The second-order valence-corrected chi connectivity index (χ2v) is 5.98. The average molecular weight is 334 g/mol. The lowest BCUT2D eigenvalue weighted by Gasteiger charge is -2.05. The summed E-state index contributed by atoms with van der Waals surface area (Å²) in [5, 5.41) is 12.7. The van der Waals surface area contributed by atoms with E-state index in [1.165, 1.54) is 11.3 Å². The summed E-state index contributed by atoms with van der Waals surface area (Å²) in [5.41, 5.74) is 3.62. The number of benzene rings is 1. The maximum atomic E-state index is 11.7. The lowest BCUT2D eigenvalue weighted by molar-refractivity contribution is -0.123.